The van der Waals surface area contributed by atoms with Gasteiger partial charge in [0.15, 0.2) is 0 Å². The number of carboxylic acid groups (broad SMARTS) is 1. The van der Waals surface area contributed by atoms with Gasteiger partial charge in [0.05, 0.1) is 6.61 Å². The fourth-order valence-corrected chi connectivity index (χ4v) is 3.10. The van der Waals surface area contributed by atoms with Crippen molar-refractivity contribution < 1.29 is 14.6 Å². The van der Waals surface area contributed by atoms with Crippen LogP contribution in [-0.4, -0.2) is 60.4 Å². The third-order valence-electron chi connectivity index (χ3n) is 4.12. The summed E-state index contributed by atoms with van der Waals surface area (Å²) in [5.41, 5.74) is -0.767. The number of nitrogens with zero attached hydrogens (tertiary/aromatic N) is 1. The van der Waals surface area contributed by atoms with Crippen molar-refractivity contribution in [2.24, 2.45) is 0 Å². The average molecular weight is 286 g/mol. The molecule has 2 atom stereocenters. The molecule has 0 aromatic rings. The highest BCUT2D eigenvalue weighted by atomic mass is 16.5. The highest BCUT2D eigenvalue weighted by Crippen LogP contribution is 2.31. The molecule has 0 heterocycles. The van der Waals surface area contributed by atoms with E-state index in [-0.39, 0.29) is 6.04 Å². The van der Waals surface area contributed by atoms with Crippen LogP contribution < -0.4 is 5.32 Å². The Morgan fingerprint density at radius 1 is 1.55 bits per heavy atom. The Kier molecular flexibility index (Phi) is 6.92. The lowest BCUT2D eigenvalue weighted by atomic mass is 9.78. The molecule has 0 amide bonds. The Labute approximate surface area is 122 Å². The number of rotatable bonds is 8. The van der Waals surface area contributed by atoms with Crippen LogP contribution in [0.5, 0.6) is 0 Å². The van der Waals surface area contributed by atoms with E-state index in [1.807, 2.05) is 20.8 Å². The van der Waals surface area contributed by atoms with Crippen molar-refractivity contribution in [2.45, 2.75) is 64.1 Å². The molecule has 1 aliphatic carbocycles. The Balaban J connectivity index is 2.64. The predicted molar refractivity (Wildman–Crippen MR) is 80.0 cm³/mol. The van der Waals surface area contributed by atoms with E-state index < -0.39 is 11.5 Å². The third kappa shape index (κ3) is 4.72. The molecule has 5 heteroatoms. The summed E-state index contributed by atoms with van der Waals surface area (Å²) in [5, 5.41) is 12.9. The molecule has 2 N–H and O–H groups in total. The van der Waals surface area contributed by atoms with Crippen LogP contribution in [0.4, 0.5) is 0 Å². The van der Waals surface area contributed by atoms with Crippen LogP contribution in [0.1, 0.15) is 46.5 Å². The number of ether oxygens (including phenoxy) is 1. The summed E-state index contributed by atoms with van der Waals surface area (Å²) in [6.07, 6.45) is 3.41. The molecule has 20 heavy (non-hydrogen) atoms. The van der Waals surface area contributed by atoms with Crippen LogP contribution in [0.2, 0.25) is 0 Å². The summed E-state index contributed by atoms with van der Waals surface area (Å²) in [6, 6.07) is 0.491. The first kappa shape index (κ1) is 17.4. The lowest BCUT2D eigenvalue weighted by molar-refractivity contribution is -0.147. The van der Waals surface area contributed by atoms with Gasteiger partial charge < -0.3 is 14.7 Å². The van der Waals surface area contributed by atoms with E-state index in [0.29, 0.717) is 19.1 Å². The topological polar surface area (TPSA) is 61.8 Å². The number of hydrogen-bond donors (Lipinski definition) is 2. The standard InChI is InChI=1S/C15H30N2O3/c1-5-20-10-9-17(4)13-7-6-8-15(11-13,14(18)19)16-12(2)3/h12-13,16H,5-11H2,1-4H3,(H,18,19). The van der Waals surface area contributed by atoms with Crippen LogP contribution in [-0.2, 0) is 9.53 Å². The van der Waals surface area contributed by atoms with Gasteiger partial charge in [-0.1, -0.05) is 0 Å². The molecule has 1 saturated carbocycles. The van der Waals surface area contributed by atoms with Gasteiger partial charge in [0, 0.05) is 25.2 Å². The fourth-order valence-electron chi connectivity index (χ4n) is 3.10. The van der Waals surface area contributed by atoms with Crippen molar-refractivity contribution >= 4 is 5.97 Å². The monoisotopic (exact) mass is 286 g/mol. The Morgan fingerprint density at radius 2 is 2.25 bits per heavy atom. The zero-order valence-electron chi connectivity index (χ0n) is 13.3. The van der Waals surface area contributed by atoms with Gasteiger partial charge in [-0.15, -0.1) is 0 Å². The van der Waals surface area contributed by atoms with Crippen LogP contribution in [0.3, 0.4) is 0 Å². The van der Waals surface area contributed by atoms with Gasteiger partial charge in [-0.3, -0.25) is 10.1 Å². The number of carbonyl (C=O) groups is 1. The smallest absolute Gasteiger partial charge is 0.323 e. The quantitative estimate of drug-likeness (QED) is 0.665. The van der Waals surface area contributed by atoms with Gasteiger partial charge in [0.1, 0.15) is 5.54 Å². The summed E-state index contributed by atoms with van der Waals surface area (Å²) in [7, 11) is 2.07. The summed E-state index contributed by atoms with van der Waals surface area (Å²) in [6.45, 7) is 8.30. The SMILES string of the molecule is CCOCCN(C)C1CCCC(NC(C)C)(C(=O)O)C1. The summed E-state index contributed by atoms with van der Waals surface area (Å²) in [4.78, 5) is 14.0. The van der Waals surface area contributed by atoms with Crippen molar-refractivity contribution in [2.75, 3.05) is 26.8 Å². The maximum atomic E-state index is 11.7. The van der Waals surface area contributed by atoms with Gasteiger partial charge in [-0.05, 0) is 53.5 Å². The second kappa shape index (κ2) is 7.96. The van der Waals surface area contributed by atoms with Crippen molar-refractivity contribution in [1.29, 1.82) is 0 Å². The maximum absolute atomic E-state index is 11.7. The Bertz CT molecular complexity index is 309. The zero-order chi connectivity index (χ0) is 15.2. The molecular weight excluding hydrogens is 256 g/mol. The zero-order valence-corrected chi connectivity index (χ0v) is 13.3. The van der Waals surface area contributed by atoms with Gasteiger partial charge in [0.2, 0.25) is 0 Å². The first-order valence-electron chi connectivity index (χ1n) is 7.70. The third-order valence-corrected chi connectivity index (χ3v) is 4.12. The Morgan fingerprint density at radius 3 is 2.80 bits per heavy atom. The molecule has 118 valence electrons. The van der Waals surface area contributed by atoms with Crippen molar-refractivity contribution in [1.82, 2.24) is 10.2 Å². The number of nitrogens with one attached hydrogen (secondary N) is 1. The molecular formula is C15H30N2O3. The minimum absolute atomic E-state index is 0.179. The van der Waals surface area contributed by atoms with Crippen LogP contribution in [0.25, 0.3) is 0 Å². The number of carboxylic acids is 1. The second-order valence-electron chi connectivity index (χ2n) is 6.11. The minimum Gasteiger partial charge on any atom is -0.480 e. The molecule has 1 rings (SSSR count). The van der Waals surface area contributed by atoms with E-state index in [4.69, 9.17) is 4.74 Å². The highest BCUT2D eigenvalue weighted by molar-refractivity contribution is 5.79. The average Bonchev–Trinajstić information content (AvgIpc) is 2.38. The lowest BCUT2D eigenvalue weighted by Crippen LogP contribution is -2.59. The van der Waals surface area contributed by atoms with Crippen molar-refractivity contribution in [3.63, 3.8) is 0 Å². The highest BCUT2D eigenvalue weighted by Gasteiger charge is 2.43. The first-order valence-corrected chi connectivity index (χ1v) is 7.70. The number of hydrogen-bond acceptors (Lipinski definition) is 4. The van der Waals surface area contributed by atoms with Crippen LogP contribution in [0.15, 0.2) is 0 Å². The van der Waals surface area contributed by atoms with E-state index >= 15 is 0 Å². The van der Waals surface area contributed by atoms with E-state index in [9.17, 15) is 9.90 Å². The molecule has 0 spiro atoms. The van der Waals surface area contributed by atoms with Crippen LogP contribution in [0, 0.1) is 0 Å². The molecule has 0 aromatic carbocycles. The van der Waals surface area contributed by atoms with Crippen molar-refractivity contribution in [3.05, 3.63) is 0 Å². The second-order valence-corrected chi connectivity index (χ2v) is 6.11. The molecule has 5 nitrogen and oxygen atoms in total. The van der Waals surface area contributed by atoms with E-state index in [1.165, 1.54) is 0 Å². The Hall–Kier alpha value is -0.650. The molecule has 1 aliphatic rings. The van der Waals surface area contributed by atoms with Gasteiger partial charge in [-0.2, -0.15) is 0 Å². The maximum Gasteiger partial charge on any atom is 0.323 e. The number of aliphatic carboxylic acids is 1. The lowest BCUT2D eigenvalue weighted by Gasteiger charge is -2.42. The fraction of sp³-hybridized carbons (Fsp3) is 0.933. The molecule has 0 aliphatic heterocycles. The molecule has 0 saturated heterocycles. The molecule has 2 unspecified atom stereocenters. The molecule has 1 fully saturated rings. The molecule has 0 radical (unpaired) electrons. The normalized spacial score (nSPS) is 27.2. The van der Waals surface area contributed by atoms with E-state index in [0.717, 1.165) is 32.4 Å². The van der Waals surface area contributed by atoms with Gasteiger partial charge in [0.25, 0.3) is 0 Å². The number of likely N-dealkylation sites (N-methyl/N-ethyl adjacent to an activating group) is 1. The van der Waals surface area contributed by atoms with E-state index in [2.05, 4.69) is 17.3 Å². The largest absolute Gasteiger partial charge is 0.480 e. The van der Waals surface area contributed by atoms with E-state index in [1.54, 1.807) is 0 Å². The minimum atomic E-state index is -0.767. The predicted octanol–water partition coefficient (Wildman–Crippen LogP) is 1.72. The summed E-state index contributed by atoms with van der Waals surface area (Å²) < 4.78 is 5.39. The summed E-state index contributed by atoms with van der Waals surface area (Å²) >= 11 is 0. The molecule has 0 bridgehead atoms. The van der Waals surface area contributed by atoms with Gasteiger partial charge >= 0.3 is 5.97 Å². The first-order chi connectivity index (χ1) is 9.41. The van der Waals surface area contributed by atoms with Crippen molar-refractivity contribution in [3.8, 4) is 0 Å². The molecule has 0 aromatic heterocycles. The van der Waals surface area contributed by atoms with Gasteiger partial charge in [-0.25, -0.2) is 0 Å². The summed E-state index contributed by atoms with van der Waals surface area (Å²) in [5.74, 6) is -0.714. The van der Waals surface area contributed by atoms with Crippen LogP contribution >= 0.6 is 0 Å².